The summed E-state index contributed by atoms with van der Waals surface area (Å²) in [6.07, 6.45) is 6.55. The van der Waals surface area contributed by atoms with Crippen molar-refractivity contribution in [1.82, 2.24) is 5.32 Å². The molecule has 0 radical (unpaired) electrons. The summed E-state index contributed by atoms with van der Waals surface area (Å²) in [6.45, 7) is 12.4. The van der Waals surface area contributed by atoms with Crippen LogP contribution in [0.2, 0.25) is 0 Å². The molecule has 0 aliphatic rings. The van der Waals surface area contributed by atoms with Crippen LogP contribution in [0.15, 0.2) is 0 Å². The summed E-state index contributed by atoms with van der Waals surface area (Å²) >= 11 is 0. The molecule has 3 heteroatoms. The van der Waals surface area contributed by atoms with Gasteiger partial charge in [-0.25, -0.2) is 0 Å². The van der Waals surface area contributed by atoms with E-state index in [1.165, 1.54) is 25.7 Å². The number of unbranched alkanes of at least 4 members (excludes halogenated alkanes) is 2. The van der Waals surface area contributed by atoms with Gasteiger partial charge in [0.15, 0.2) is 0 Å². The highest BCUT2D eigenvalue weighted by atomic mass is 16.1. The molecule has 0 saturated carbocycles. The fourth-order valence-corrected chi connectivity index (χ4v) is 2.54. The van der Waals surface area contributed by atoms with Crippen molar-refractivity contribution in [2.75, 3.05) is 13.1 Å². The zero-order valence-corrected chi connectivity index (χ0v) is 14.3. The summed E-state index contributed by atoms with van der Waals surface area (Å²) in [5.74, 6) is 1.07. The predicted molar refractivity (Wildman–Crippen MR) is 87.5 cm³/mol. The molecule has 0 spiro atoms. The molecule has 0 rings (SSSR count). The zero-order chi connectivity index (χ0) is 15.6. The highest BCUT2D eigenvalue weighted by molar-refractivity contribution is 5.76. The number of hydrogen-bond acceptors (Lipinski definition) is 2. The van der Waals surface area contributed by atoms with Gasteiger partial charge in [-0.1, -0.05) is 53.9 Å². The van der Waals surface area contributed by atoms with E-state index in [1.54, 1.807) is 0 Å². The lowest BCUT2D eigenvalue weighted by Crippen LogP contribution is -2.35. The molecular weight excluding hydrogens is 248 g/mol. The number of nitrogens with one attached hydrogen (secondary N) is 1. The van der Waals surface area contributed by atoms with Gasteiger partial charge in [0.05, 0.1) is 0 Å². The largest absolute Gasteiger partial charge is 0.356 e. The molecule has 0 aromatic rings. The molecule has 3 nitrogen and oxygen atoms in total. The Labute approximate surface area is 126 Å². The molecule has 1 amide bonds. The van der Waals surface area contributed by atoms with Crippen molar-refractivity contribution in [3.8, 4) is 0 Å². The van der Waals surface area contributed by atoms with Gasteiger partial charge in [0, 0.05) is 13.0 Å². The molecule has 20 heavy (non-hydrogen) atoms. The Morgan fingerprint density at radius 2 is 1.90 bits per heavy atom. The van der Waals surface area contributed by atoms with Gasteiger partial charge >= 0.3 is 0 Å². The lowest BCUT2D eigenvalue weighted by Gasteiger charge is -2.25. The Bertz CT molecular complexity index is 262. The summed E-state index contributed by atoms with van der Waals surface area (Å²) in [5.41, 5.74) is 5.95. The first-order chi connectivity index (χ1) is 9.30. The molecular formula is C17H36N2O. The quantitative estimate of drug-likeness (QED) is 0.568. The highest BCUT2D eigenvalue weighted by Crippen LogP contribution is 2.23. The molecule has 0 heterocycles. The van der Waals surface area contributed by atoms with Crippen LogP contribution in [0, 0.1) is 17.3 Å². The van der Waals surface area contributed by atoms with Crippen molar-refractivity contribution < 1.29 is 4.79 Å². The molecule has 0 aromatic carbocycles. The van der Waals surface area contributed by atoms with E-state index in [4.69, 9.17) is 5.73 Å². The first kappa shape index (κ1) is 19.4. The number of carbonyl (C=O) groups is 1. The van der Waals surface area contributed by atoms with Crippen LogP contribution in [0.3, 0.4) is 0 Å². The van der Waals surface area contributed by atoms with Crippen molar-refractivity contribution >= 4 is 5.91 Å². The lowest BCUT2D eigenvalue weighted by atomic mass is 9.86. The summed E-state index contributed by atoms with van der Waals surface area (Å²) < 4.78 is 0. The molecule has 1 atom stereocenters. The van der Waals surface area contributed by atoms with Gasteiger partial charge in [-0.3, -0.25) is 4.79 Å². The van der Waals surface area contributed by atoms with Gasteiger partial charge in [0.2, 0.25) is 5.91 Å². The molecule has 0 aromatic heterocycles. The molecule has 0 bridgehead atoms. The van der Waals surface area contributed by atoms with Crippen LogP contribution in [-0.2, 0) is 4.79 Å². The second-order valence-electron chi connectivity index (χ2n) is 7.33. The Kier molecular flexibility index (Phi) is 9.91. The number of rotatable bonds is 11. The monoisotopic (exact) mass is 284 g/mol. The van der Waals surface area contributed by atoms with Gasteiger partial charge < -0.3 is 11.1 Å². The van der Waals surface area contributed by atoms with E-state index >= 15 is 0 Å². The number of nitrogens with two attached hydrogens (primary N) is 1. The van der Waals surface area contributed by atoms with E-state index in [0.29, 0.717) is 24.8 Å². The Morgan fingerprint density at radius 1 is 1.25 bits per heavy atom. The molecule has 3 N–H and O–H groups in total. The second kappa shape index (κ2) is 10.2. The van der Waals surface area contributed by atoms with Gasteiger partial charge in [-0.15, -0.1) is 0 Å². The van der Waals surface area contributed by atoms with E-state index in [9.17, 15) is 4.79 Å². The minimum Gasteiger partial charge on any atom is -0.356 e. The first-order valence-corrected chi connectivity index (χ1v) is 8.27. The smallest absolute Gasteiger partial charge is 0.220 e. The van der Waals surface area contributed by atoms with Gasteiger partial charge in [-0.2, -0.15) is 0 Å². The van der Waals surface area contributed by atoms with E-state index in [-0.39, 0.29) is 11.3 Å². The molecule has 0 fully saturated rings. The zero-order valence-electron chi connectivity index (χ0n) is 14.3. The van der Waals surface area contributed by atoms with Crippen molar-refractivity contribution in [2.24, 2.45) is 23.0 Å². The minimum absolute atomic E-state index is 0.157. The Balaban J connectivity index is 4.01. The molecule has 0 aliphatic carbocycles. The Hall–Kier alpha value is -0.570. The van der Waals surface area contributed by atoms with E-state index in [1.807, 2.05) is 0 Å². The number of hydrogen-bond donors (Lipinski definition) is 2. The molecule has 120 valence electrons. The standard InChI is InChI=1S/C17H36N2O/c1-6-7-8-9-17(4,5)13-19-16(20)11-15(12-18)10-14(2)3/h14-15H,6-13,18H2,1-5H3,(H,19,20). The van der Waals surface area contributed by atoms with E-state index in [2.05, 4.69) is 39.9 Å². The van der Waals surface area contributed by atoms with E-state index in [0.717, 1.165) is 13.0 Å². The third kappa shape index (κ3) is 10.2. The summed E-state index contributed by atoms with van der Waals surface area (Å²) in [7, 11) is 0. The fourth-order valence-electron chi connectivity index (χ4n) is 2.54. The normalized spacial score (nSPS) is 13.6. The van der Waals surface area contributed by atoms with Crippen molar-refractivity contribution in [1.29, 1.82) is 0 Å². The maximum atomic E-state index is 12.0. The van der Waals surface area contributed by atoms with Crippen molar-refractivity contribution in [3.63, 3.8) is 0 Å². The van der Waals surface area contributed by atoms with Crippen LogP contribution in [0.4, 0.5) is 0 Å². The number of amides is 1. The van der Waals surface area contributed by atoms with Gasteiger partial charge in [0.25, 0.3) is 0 Å². The lowest BCUT2D eigenvalue weighted by molar-refractivity contribution is -0.122. The maximum absolute atomic E-state index is 12.0. The highest BCUT2D eigenvalue weighted by Gasteiger charge is 2.20. The van der Waals surface area contributed by atoms with Crippen LogP contribution in [0.5, 0.6) is 0 Å². The van der Waals surface area contributed by atoms with Crippen LogP contribution in [0.25, 0.3) is 0 Å². The van der Waals surface area contributed by atoms with Crippen LogP contribution in [0.1, 0.15) is 73.1 Å². The van der Waals surface area contributed by atoms with Crippen LogP contribution >= 0.6 is 0 Å². The van der Waals surface area contributed by atoms with Gasteiger partial charge in [-0.05, 0) is 36.6 Å². The average Bonchev–Trinajstić information content (AvgIpc) is 2.35. The third-order valence-corrected chi connectivity index (χ3v) is 3.83. The second-order valence-corrected chi connectivity index (χ2v) is 7.33. The molecule has 0 aliphatic heterocycles. The average molecular weight is 284 g/mol. The van der Waals surface area contributed by atoms with Gasteiger partial charge in [0.1, 0.15) is 0 Å². The Morgan fingerprint density at radius 3 is 2.40 bits per heavy atom. The van der Waals surface area contributed by atoms with E-state index < -0.39 is 0 Å². The summed E-state index contributed by atoms with van der Waals surface area (Å²) in [6, 6.07) is 0. The predicted octanol–water partition coefficient (Wildman–Crippen LogP) is 3.72. The van der Waals surface area contributed by atoms with Crippen LogP contribution in [-0.4, -0.2) is 19.0 Å². The summed E-state index contributed by atoms with van der Waals surface area (Å²) in [4.78, 5) is 12.0. The van der Waals surface area contributed by atoms with Crippen molar-refractivity contribution in [3.05, 3.63) is 0 Å². The summed E-state index contributed by atoms with van der Waals surface area (Å²) in [5, 5.41) is 3.09. The first-order valence-electron chi connectivity index (χ1n) is 8.27. The minimum atomic E-state index is 0.157. The topological polar surface area (TPSA) is 55.1 Å². The maximum Gasteiger partial charge on any atom is 0.220 e. The molecule has 1 unspecified atom stereocenters. The van der Waals surface area contributed by atoms with Crippen molar-refractivity contribution in [2.45, 2.75) is 73.1 Å². The van der Waals surface area contributed by atoms with Crippen LogP contribution < -0.4 is 11.1 Å². The third-order valence-electron chi connectivity index (χ3n) is 3.83. The number of carbonyl (C=O) groups excluding carboxylic acids is 1. The SMILES string of the molecule is CCCCCC(C)(C)CNC(=O)CC(CN)CC(C)C. The fraction of sp³-hybridized carbons (Fsp3) is 0.941. The molecule has 0 saturated heterocycles.